The predicted molar refractivity (Wildman–Crippen MR) is 90.7 cm³/mol. The molecule has 2 rings (SSSR count). The fourth-order valence-electron chi connectivity index (χ4n) is 2.74. The van der Waals surface area contributed by atoms with Crippen molar-refractivity contribution in [3.63, 3.8) is 0 Å². The second-order valence-electron chi connectivity index (χ2n) is 6.08. The van der Waals surface area contributed by atoms with E-state index in [1.165, 1.54) is 6.26 Å². The summed E-state index contributed by atoms with van der Waals surface area (Å²) in [7, 11) is 1.91. The maximum atomic E-state index is 12.8. The quantitative estimate of drug-likeness (QED) is 0.852. The Morgan fingerprint density at radius 3 is 2.70 bits per heavy atom. The molecule has 1 aromatic heterocycles. The highest BCUT2D eigenvalue weighted by atomic mass is 35.5. The molecule has 2 unspecified atom stereocenters. The van der Waals surface area contributed by atoms with Crippen LogP contribution >= 0.6 is 12.4 Å². The number of halogens is 1. The molecule has 0 aromatic carbocycles. The van der Waals surface area contributed by atoms with E-state index in [9.17, 15) is 9.59 Å². The van der Waals surface area contributed by atoms with E-state index in [1.54, 1.807) is 12.1 Å². The molecule has 23 heavy (non-hydrogen) atoms. The van der Waals surface area contributed by atoms with Crippen molar-refractivity contribution < 1.29 is 14.0 Å². The first-order chi connectivity index (χ1) is 10.5. The second kappa shape index (κ2) is 8.93. The van der Waals surface area contributed by atoms with Crippen LogP contribution in [0.2, 0.25) is 0 Å². The summed E-state index contributed by atoms with van der Waals surface area (Å²) in [6, 6.07) is 3.04. The summed E-state index contributed by atoms with van der Waals surface area (Å²) in [5, 5.41) is 6.03. The zero-order valence-corrected chi connectivity index (χ0v) is 14.7. The van der Waals surface area contributed by atoms with Gasteiger partial charge in [0.2, 0.25) is 5.91 Å². The Morgan fingerprint density at radius 1 is 1.39 bits per heavy atom. The number of likely N-dealkylation sites (N-methyl/N-ethyl adjacent to an activating group) is 1. The van der Waals surface area contributed by atoms with Crippen LogP contribution in [0.4, 0.5) is 0 Å². The molecule has 2 amide bonds. The second-order valence-corrected chi connectivity index (χ2v) is 6.08. The minimum absolute atomic E-state index is 0. The normalized spacial score (nSPS) is 19.1. The number of carbonyl (C=O) groups is 2. The van der Waals surface area contributed by atoms with Crippen LogP contribution in [0, 0.1) is 5.92 Å². The number of rotatable bonds is 5. The summed E-state index contributed by atoms with van der Waals surface area (Å²) in [6.45, 7) is 5.31. The fraction of sp³-hybridized carbons (Fsp3) is 0.625. The number of carbonyl (C=O) groups excluding carboxylic acids is 2. The lowest BCUT2D eigenvalue weighted by atomic mass is 9.99. The highest BCUT2D eigenvalue weighted by Crippen LogP contribution is 2.14. The van der Waals surface area contributed by atoms with E-state index in [1.807, 2.05) is 25.8 Å². The SMILES string of the molecule is CNC1CCCN(C(=O)C(NC(=O)c2ccco2)C(C)C)C1.Cl. The molecule has 1 fully saturated rings. The van der Waals surface area contributed by atoms with Gasteiger partial charge in [-0.25, -0.2) is 0 Å². The molecule has 6 nitrogen and oxygen atoms in total. The monoisotopic (exact) mass is 343 g/mol. The topological polar surface area (TPSA) is 74.6 Å². The van der Waals surface area contributed by atoms with E-state index in [2.05, 4.69) is 10.6 Å². The third-order valence-electron chi connectivity index (χ3n) is 4.11. The van der Waals surface area contributed by atoms with Crippen LogP contribution in [-0.4, -0.2) is 48.9 Å². The van der Waals surface area contributed by atoms with Crippen molar-refractivity contribution in [3.8, 4) is 0 Å². The van der Waals surface area contributed by atoms with E-state index < -0.39 is 6.04 Å². The smallest absolute Gasteiger partial charge is 0.287 e. The lowest BCUT2D eigenvalue weighted by Gasteiger charge is -2.35. The van der Waals surface area contributed by atoms with Gasteiger partial charge in [-0.2, -0.15) is 0 Å². The highest BCUT2D eigenvalue weighted by molar-refractivity contribution is 5.95. The van der Waals surface area contributed by atoms with Gasteiger partial charge in [0.15, 0.2) is 5.76 Å². The third-order valence-corrected chi connectivity index (χ3v) is 4.11. The molecule has 0 radical (unpaired) electrons. The average molecular weight is 344 g/mol. The Labute approximate surface area is 143 Å². The van der Waals surface area contributed by atoms with E-state index in [4.69, 9.17) is 4.42 Å². The first kappa shape index (κ1) is 19.5. The lowest BCUT2D eigenvalue weighted by Crippen LogP contribution is -2.55. The van der Waals surface area contributed by atoms with Crippen LogP contribution in [0.25, 0.3) is 0 Å². The molecule has 1 aliphatic heterocycles. The zero-order valence-electron chi connectivity index (χ0n) is 13.9. The number of hydrogen-bond acceptors (Lipinski definition) is 4. The molecule has 7 heteroatoms. The molecule has 1 saturated heterocycles. The Hall–Kier alpha value is -1.53. The molecular formula is C16H26ClN3O3. The van der Waals surface area contributed by atoms with Gasteiger partial charge in [-0.1, -0.05) is 13.8 Å². The van der Waals surface area contributed by atoms with E-state index in [0.717, 1.165) is 19.4 Å². The van der Waals surface area contributed by atoms with Gasteiger partial charge < -0.3 is 20.0 Å². The van der Waals surface area contributed by atoms with Gasteiger partial charge in [-0.05, 0) is 37.9 Å². The van der Waals surface area contributed by atoms with Crippen LogP contribution in [0.3, 0.4) is 0 Å². The van der Waals surface area contributed by atoms with Gasteiger partial charge >= 0.3 is 0 Å². The molecule has 0 saturated carbocycles. The van der Waals surface area contributed by atoms with Crippen molar-refractivity contribution in [3.05, 3.63) is 24.2 Å². The first-order valence-electron chi connectivity index (χ1n) is 7.83. The Kier molecular flexibility index (Phi) is 7.58. The van der Waals surface area contributed by atoms with E-state index >= 15 is 0 Å². The molecule has 2 atom stereocenters. The minimum atomic E-state index is -0.534. The van der Waals surface area contributed by atoms with Gasteiger partial charge in [0.1, 0.15) is 6.04 Å². The van der Waals surface area contributed by atoms with Gasteiger partial charge in [0, 0.05) is 19.1 Å². The van der Waals surface area contributed by atoms with E-state index in [-0.39, 0.29) is 35.9 Å². The van der Waals surface area contributed by atoms with Crippen LogP contribution < -0.4 is 10.6 Å². The van der Waals surface area contributed by atoms with Crippen LogP contribution in [-0.2, 0) is 4.79 Å². The fourth-order valence-corrected chi connectivity index (χ4v) is 2.74. The largest absolute Gasteiger partial charge is 0.459 e. The Morgan fingerprint density at radius 2 is 2.13 bits per heavy atom. The number of likely N-dealkylation sites (tertiary alicyclic amines) is 1. The minimum Gasteiger partial charge on any atom is -0.459 e. The summed E-state index contributed by atoms with van der Waals surface area (Å²) >= 11 is 0. The molecule has 0 aliphatic carbocycles. The van der Waals surface area contributed by atoms with Crippen molar-refractivity contribution in [2.45, 2.75) is 38.8 Å². The number of amides is 2. The van der Waals surface area contributed by atoms with E-state index in [0.29, 0.717) is 12.6 Å². The molecule has 0 spiro atoms. The molecule has 130 valence electrons. The molecule has 1 aliphatic rings. The van der Waals surface area contributed by atoms with Gasteiger partial charge in [0.25, 0.3) is 5.91 Å². The first-order valence-corrected chi connectivity index (χ1v) is 7.83. The number of nitrogens with one attached hydrogen (secondary N) is 2. The Bertz CT molecular complexity index is 505. The predicted octanol–water partition coefficient (Wildman–Crippen LogP) is 1.67. The van der Waals surface area contributed by atoms with Crippen LogP contribution in [0.15, 0.2) is 22.8 Å². The number of hydrogen-bond donors (Lipinski definition) is 2. The molecular weight excluding hydrogens is 318 g/mol. The maximum absolute atomic E-state index is 12.8. The Balaban J connectivity index is 0.00000264. The summed E-state index contributed by atoms with van der Waals surface area (Å²) in [5.41, 5.74) is 0. The summed E-state index contributed by atoms with van der Waals surface area (Å²) < 4.78 is 5.09. The number of nitrogens with zero attached hydrogens (tertiary/aromatic N) is 1. The standard InChI is InChI=1S/C16H25N3O3.ClH/c1-11(2)14(18-15(20)13-7-5-9-22-13)16(21)19-8-4-6-12(10-19)17-3;/h5,7,9,11-12,14,17H,4,6,8,10H2,1-3H3,(H,18,20);1H. The summed E-state index contributed by atoms with van der Waals surface area (Å²) in [5.74, 6) is -0.124. The van der Waals surface area contributed by atoms with Gasteiger partial charge in [0.05, 0.1) is 6.26 Å². The van der Waals surface area contributed by atoms with Crippen molar-refractivity contribution in [2.24, 2.45) is 5.92 Å². The summed E-state index contributed by atoms with van der Waals surface area (Å²) in [6.07, 6.45) is 3.50. The van der Waals surface area contributed by atoms with Crippen molar-refractivity contribution in [1.82, 2.24) is 15.5 Å². The summed E-state index contributed by atoms with van der Waals surface area (Å²) in [4.78, 5) is 26.7. The molecule has 2 N–H and O–H groups in total. The average Bonchev–Trinajstić information content (AvgIpc) is 3.06. The number of furan rings is 1. The molecule has 0 bridgehead atoms. The highest BCUT2D eigenvalue weighted by Gasteiger charge is 2.31. The zero-order chi connectivity index (χ0) is 16.1. The van der Waals surface area contributed by atoms with Crippen molar-refractivity contribution in [1.29, 1.82) is 0 Å². The van der Waals surface area contributed by atoms with Crippen LogP contribution in [0.1, 0.15) is 37.2 Å². The van der Waals surface area contributed by atoms with Gasteiger partial charge in [-0.15, -0.1) is 12.4 Å². The van der Waals surface area contributed by atoms with Gasteiger partial charge in [-0.3, -0.25) is 9.59 Å². The lowest BCUT2D eigenvalue weighted by molar-refractivity contribution is -0.135. The third kappa shape index (κ3) is 4.97. The van der Waals surface area contributed by atoms with Crippen molar-refractivity contribution >= 4 is 24.2 Å². The maximum Gasteiger partial charge on any atom is 0.287 e. The molecule has 1 aromatic rings. The molecule has 2 heterocycles. The van der Waals surface area contributed by atoms with Crippen molar-refractivity contribution in [2.75, 3.05) is 20.1 Å². The van der Waals surface area contributed by atoms with Crippen LogP contribution in [0.5, 0.6) is 0 Å². The number of piperidine rings is 1.